The van der Waals surface area contributed by atoms with Crippen LogP contribution in [0.5, 0.6) is 0 Å². The van der Waals surface area contributed by atoms with E-state index >= 15 is 0 Å². The lowest BCUT2D eigenvalue weighted by Gasteiger charge is -2.33. The lowest BCUT2D eigenvalue weighted by atomic mass is 9.88. The number of hydrogen-bond acceptors (Lipinski definition) is 4. The van der Waals surface area contributed by atoms with Gasteiger partial charge in [-0.25, -0.2) is 4.79 Å². The molecule has 2 atom stereocenters. The summed E-state index contributed by atoms with van der Waals surface area (Å²) in [5.74, 6) is 0.207. The highest BCUT2D eigenvalue weighted by atomic mass is 16.6. The molecule has 5 nitrogen and oxygen atoms in total. The molecule has 0 spiro atoms. The molecule has 1 aliphatic carbocycles. The first kappa shape index (κ1) is 19.2. The number of aldehydes is 1. The van der Waals surface area contributed by atoms with Gasteiger partial charge in [-0.05, 0) is 65.7 Å². The third-order valence-corrected chi connectivity index (χ3v) is 5.13. The number of rotatable bonds is 5. The maximum Gasteiger partial charge on any atom is 0.410 e. The van der Waals surface area contributed by atoms with E-state index in [-0.39, 0.29) is 30.2 Å². The third kappa shape index (κ3) is 5.20. The van der Waals surface area contributed by atoms with Gasteiger partial charge in [-0.1, -0.05) is 6.92 Å². The van der Waals surface area contributed by atoms with Gasteiger partial charge in [0.2, 0.25) is 0 Å². The highest BCUT2D eigenvalue weighted by Crippen LogP contribution is 2.30. The van der Waals surface area contributed by atoms with Gasteiger partial charge >= 0.3 is 6.09 Å². The van der Waals surface area contributed by atoms with Crippen molar-refractivity contribution in [3.05, 3.63) is 0 Å². The van der Waals surface area contributed by atoms with E-state index in [2.05, 4.69) is 6.92 Å². The second-order valence-electron chi connectivity index (χ2n) is 8.19. The fraction of sp³-hybridized carbons (Fsp3) is 0.895. The van der Waals surface area contributed by atoms with E-state index in [4.69, 9.17) is 9.47 Å². The Balaban J connectivity index is 1.88. The quantitative estimate of drug-likeness (QED) is 0.712. The van der Waals surface area contributed by atoms with Crippen molar-refractivity contribution in [2.75, 3.05) is 6.61 Å². The Morgan fingerprint density at radius 1 is 1.08 bits per heavy atom. The van der Waals surface area contributed by atoms with Crippen molar-refractivity contribution >= 4 is 12.4 Å². The lowest BCUT2D eigenvalue weighted by Crippen LogP contribution is -2.46. The molecule has 1 aliphatic heterocycles. The zero-order valence-corrected chi connectivity index (χ0v) is 15.6. The molecular formula is C19H33NO4. The normalized spacial score (nSPS) is 31.1. The van der Waals surface area contributed by atoms with Gasteiger partial charge in [0, 0.05) is 12.0 Å². The zero-order chi connectivity index (χ0) is 17.7. The molecule has 1 amide bonds. The summed E-state index contributed by atoms with van der Waals surface area (Å²) in [6.07, 6.45) is 7.75. The van der Waals surface area contributed by atoms with Crippen molar-refractivity contribution in [3.8, 4) is 0 Å². The van der Waals surface area contributed by atoms with E-state index in [0.29, 0.717) is 6.61 Å². The van der Waals surface area contributed by atoms with Gasteiger partial charge in [0.1, 0.15) is 11.9 Å². The largest absolute Gasteiger partial charge is 0.444 e. The summed E-state index contributed by atoms with van der Waals surface area (Å²) >= 11 is 0. The predicted octanol–water partition coefficient (Wildman–Crippen LogP) is 3.94. The molecule has 0 aromatic heterocycles. The fourth-order valence-corrected chi connectivity index (χ4v) is 3.78. The average Bonchev–Trinajstić information content (AvgIpc) is 2.95. The number of ether oxygens (including phenoxy) is 2. The average molecular weight is 339 g/mol. The van der Waals surface area contributed by atoms with Crippen LogP contribution in [0.15, 0.2) is 0 Å². The zero-order valence-electron chi connectivity index (χ0n) is 15.6. The van der Waals surface area contributed by atoms with Crippen molar-refractivity contribution in [2.45, 2.75) is 96.4 Å². The first-order chi connectivity index (χ1) is 11.3. The van der Waals surface area contributed by atoms with Gasteiger partial charge in [0.25, 0.3) is 0 Å². The molecule has 0 unspecified atom stereocenters. The SMILES string of the molecule is CC[C@@H]1CC[C@@H](COC2CCC(C=O)CC2)N1C(=O)OC(C)(C)C. The van der Waals surface area contributed by atoms with Gasteiger partial charge in [0.15, 0.2) is 0 Å². The summed E-state index contributed by atoms with van der Waals surface area (Å²) in [5.41, 5.74) is -0.476. The molecule has 2 rings (SSSR count). The molecule has 0 aromatic rings. The number of carbonyl (C=O) groups excluding carboxylic acids is 2. The summed E-state index contributed by atoms with van der Waals surface area (Å²) in [7, 11) is 0. The summed E-state index contributed by atoms with van der Waals surface area (Å²) in [6, 6.07) is 0.354. The summed E-state index contributed by atoms with van der Waals surface area (Å²) < 4.78 is 11.7. The molecule has 0 aromatic carbocycles. The Bertz CT molecular complexity index is 424. The van der Waals surface area contributed by atoms with Crippen LogP contribution in [0, 0.1) is 5.92 Å². The molecule has 1 heterocycles. The standard InChI is InChI=1S/C19H33NO4/c1-5-15-8-9-16(20(15)18(22)24-19(2,3)4)13-23-17-10-6-14(12-21)7-11-17/h12,14-17H,5-11,13H2,1-4H3/t14?,15-,16+,17?/m1/s1. The monoisotopic (exact) mass is 339 g/mol. The van der Waals surface area contributed by atoms with Crippen molar-refractivity contribution < 1.29 is 19.1 Å². The molecule has 138 valence electrons. The van der Waals surface area contributed by atoms with E-state index < -0.39 is 5.60 Å². The summed E-state index contributed by atoms with van der Waals surface area (Å²) in [6.45, 7) is 8.40. The molecule has 1 saturated carbocycles. The van der Waals surface area contributed by atoms with E-state index in [0.717, 1.165) is 51.2 Å². The van der Waals surface area contributed by atoms with Crippen LogP contribution in [0.3, 0.4) is 0 Å². The maximum atomic E-state index is 12.6. The molecule has 0 N–H and O–H groups in total. The number of amides is 1. The Morgan fingerprint density at radius 2 is 1.71 bits per heavy atom. The predicted molar refractivity (Wildman–Crippen MR) is 92.9 cm³/mol. The van der Waals surface area contributed by atoms with Crippen molar-refractivity contribution in [1.29, 1.82) is 0 Å². The van der Waals surface area contributed by atoms with Crippen LogP contribution in [0.1, 0.15) is 72.6 Å². The minimum atomic E-state index is -0.476. The minimum Gasteiger partial charge on any atom is -0.444 e. The van der Waals surface area contributed by atoms with Crippen LogP contribution in [-0.2, 0) is 14.3 Å². The Hall–Kier alpha value is -1.10. The summed E-state index contributed by atoms with van der Waals surface area (Å²) in [5, 5.41) is 0. The van der Waals surface area contributed by atoms with Crippen LogP contribution in [0.4, 0.5) is 4.79 Å². The first-order valence-electron chi connectivity index (χ1n) is 9.42. The first-order valence-corrected chi connectivity index (χ1v) is 9.42. The van der Waals surface area contributed by atoms with Crippen molar-refractivity contribution in [3.63, 3.8) is 0 Å². The van der Waals surface area contributed by atoms with Gasteiger partial charge in [-0.15, -0.1) is 0 Å². The molecular weight excluding hydrogens is 306 g/mol. The number of nitrogens with zero attached hydrogens (tertiary/aromatic N) is 1. The van der Waals surface area contributed by atoms with Gasteiger partial charge in [-0.3, -0.25) is 4.90 Å². The van der Waals surface area contributed by atoms with Crippen LogP contribution in [0.2, 0.25) is 0 Å². The Kier molecular flexibility index (Phi) is 6.67. The second kappa shape index (κ2) is 8.32. The van der Waals surface area contributed by atoms with Crippen LogP contribution in [-0.4, -0.2) is 47.7 Å². The van der Waals surface area contributed by atoms with Crippen LogP contribution < -0.4 is 0 Å². The Labute approximate surface area is 146 Å². The summed E-state index contributed by atoms with van der Waals surface area (Å²) in [4.78, 5) is 25.3. The second-order valence-corrected chi connectivity index (χ2v) is 8.19. The molecule has 24 heavy (non-hydrogen) atoms. The van der Waals surface area contributed by atoms with E-state index in [1.165, 1.54) is 0 Å². The number of hydrogen-bond donors (Lipinski definition) is 0. The van der Waals surface area contributed by atoms with Gasteiger partial charge in [0.05, 0.1) is 18.8 Å². The fourth-order valence-electron chi connectivity index (χ4n) is 3.78. The highest BCUT2D eigenvalue weighted by molar-refractivity contribution is 5.69. The number of carbonyl (C=O) groups is 2. The maximum absolute atomic E-state index is 12.6. The van der Waals surface area contributed by atoms with Crippen molar-refractivity contribution in [1.82, 2.24) is 4.90 Å². The molecule has 2 aliphatic rings. The van der Waals surface area contributed by atoms with E-state index in [1.807, 2.05) is 25.7 Å². The van der Waals surface area contributed by atoms with Crippen LogP contribution >= 0.6 is 0 Å². The lowest BCUT2D eigenvalue weighted by molar-refractivity contribution is -0.113. The third-order valence-electron chi connectivity index (χ3n) is 5.13. The highest BCUT2D eigenvalue weighted by Gasteiger charge is 2.38. The van der Waals surface area contributed by atoms with Crippen molar-refractivity contribution in [2.24, 2.45) is 5.92 Å². The van der Waals surface area contributed by atoms with Gasteiger partial charge < -0.3 is 14.3 Å². The van der Waals surface area contributed by atoms with E-state index in [1.54, 1.807) is 0 Å². The van der Waals surface area contributed by atoms with E-state index in [9.17, 15) is 9.59 Å². The molecule has 0 bridgehead atoms. The Morgan fingerprint density at radius 3 is 2.25 bits per heavy atom. The minimum absolute atomic E-state index is 0.105. The number of likely N-dealkylation sites (tertiary alicyclic amines) is 1. The molecule has 0 radical (unpaired) electrons. The molecule has 1 saturated heterocycles. The molecule has 5 heteroatoms. The molecule has 2 fully saturated rings. The topological polar surface area (TPSA) is 55.8 Å². The smallest absolute Gasteiger partial charge is 0.410 e. The van der Waals surface area contributed by atoms with Crippen LogP contribution in [0.25, 0.3) is 0 Å². The van der Waals surface area contributed by atoms with Gasteiger partial charge in [-0.2, -0.15) is 0 Å².